The van der Waals surface area contributed by atoms with E-state index in [9.17, 15) is 13.2 Å². The minimum absolute atomic E-state index is 0.178. The molecule has 2 heterocycles. The van der Waals surface area contributed by atoms with Crippen molar-refractivity contribution in [1.29, 1.82) is 0 Å². The molecule has 170 valence electrons. The van der Waals surface area contributed by atoms with E-state index in [4.69, 9.17) is 5.73 Å². The normalized spacial score (nSPS) is 11.4. The molecule has 0 spiro atoms. The smallest absolute Gasteiger partial charge is 0.263 e. The van der Waals surface area contributed by atoms with Crippen molar-refractivity contribution in [1.82, 2.24) is 9.78 Å². The quantitative estimate of drug-likeness (QED) is 0.357. The van der Waals surface area contributed by atoms with Gasteiger partial charge in [-0.05, 0) is 66.2 Å². The molecule has 33 heavy (non-hydrogen) atoms. The lowest BCUT2D eigenvalue weighted by Gasteiger charge is -2.11. The average Bonchev–Trinajstić information content (AvgIpc) is 3.48. The molecule has 0 radical (unpaired) electrons. The molecule has 0 aliphatic carbocycles. The van der Waals surface area contributed by atoms with Gasteiger partial charge >= 0.3 is 0 Å². The van der Waals surface area contributed by atoms with E-state index in [0.29, 0.717) is 22.8 Å². The lowest BCUT2D eigenvalue weighted by Crippen LogP contribution is -2.16. The predicted octanol–water partition coefficient (Wildman–Crippen LogP) is 4.84. The van der Waals surface area contributed by atoms with Gasteiger partial charge in [-0.3, -0.25) is 9.52 Å². The Kier molecular flexibility index (Phi) is 6.62. The molecule has 4 aromatic rings. The van der Waals surface area contributed by atoms with Crippen LogP contribution in [0.15, 0.2) is 77.0 Å². The number of nitrogens with zero attached hydrogens (tertiary/aromatic N) is 2. The van der Waals surface area contributed by atoms with Crippen LogP contribution >= 0.6 is 11.3 Å². The monoisotopic (exact) mass is 480 g/mol. The van der Waals surface area contributed by atoms with E-state index in [2.05, 4.69) is 16.7 Å². The number of hydrogen-bond acceptors (Lipinski definition) is 5. The third-order valence-electron chi connectivity index (χ3n) is 5.17. The zero-order valence-corrected chi connectivity index (χ0v) is 19.7. The fraction of sp³-hybridized carbons (Fsp3) is 0.167. The highest BCUT2D eigenvalue weighted by Gasteiger charge is 2.20. The number of primary amides is 1. The van der Waals surface area contributed by atoms with Crippen LogP contribution in [0.25, 0.3) is 16.3 Å². The summed E-state index contributed by atoms with van der Waals surface area (Å²) in [4.78, 5) is 12.5. The molecule has 2 aromatic heterocycles. The Morgan fingerprint density at radius 3 is 2.42 bits per heavy atom. The molecule has 0 unspecified atom stereocenters. The largest absolute Gasteiger partial charge is 0.366 e. The number of thiophene rings is 1. The summed E-state index contributed by atoms with van der Waals surface area (Å²) in [5.74, 6) is -0.245. The minimum atomic E-state index is -3.84. The molecule has 0 fully saturated rings. The summed E-state index contributed by atoms with van der Waals surface area (Å²) in [6, 6.07) is 19.0. The van der Waals surface area contributed by atoms with E-state index in [0.717, 1.165) is 29.7 Å². The van der Waals surface area contributed by atoms with Gasteiger partial charge in [0.15, 0.2) is 0 Å². The molecule has 2 aromatic carbocycles. The van der Waals surface area contributed by atoms with Crippen LogP contribution < -0.4 is 10.5 Å². The molecule has 4 rings (SSSR count). The minimum Gasteiger partial charge on any atom is -0.366 e. The maximum atomic E-state index is 13.1. The third kappa shape index (κ3) is 5.15. The van der Waals surface area contributed by atoms with E-state index in [1.54, 1.807) is 42.5 Å². The van der Waals surface area contributed by atoms with Crippen LogP contribution in [0, 0.1) is 0 Å². The molecule has 0 saturated heterocycles. The molecular weight excluding hydrogens is 456 g/mol. The fourth-order valence-corrected chi connectivity index (χ4v) is 5.09. The molecule has 0 bridgehead atoms. The third-order valence-corrected chi connectivity index (χ3v) is 7.43. The standard InChI is InChI=1S/C24H24N4O3S2/c1-2-3-5-17-7-13-20(14-8-17)33(30,31)27-23-16-21(22-6-4-15-32-22)26-28(23)19-11-9-18(10-12-19)24(25)29/h4,6-16,27H,2-3,5H2,1H3,(H2,25,29). The Morgan fingerprint density at radius 1 is 1.09 bits per heavy atom. The zero-order chi connectivity index (χ0) is 23.4. The molecule has 9 heteroatoms. The number of sulfonamides is 1. The van der Waals surface area contributed by atoms with E-state index < -0.39 is 15.9 Å². The second-order valence-corrected chi connectivity index (χ2v) is 10.2. The van der Waals surface area contributed by atoms with Crippen LogP contribution in [0.2, 0.25) is 0 Å². The SMILES string of the molecule is CCCCc1ccc(S(=O)(=O)Nc2cc(-c3cccs3)nn2-c2ccc(C(N)=O)cc2)cc1. The number of unbranched alkanes of at least 4 members (excludes halogenated alkanes) is 1. The summed E-state index contributed by atoms with van der Waals surface area (Å²) in [6.45, 7) is 2.12. The Hall–Kier alpha value is -3.43. The predicted molar refractivity (Wildman–Crippen MR) is 131 cm³/mol. The van der Waals surface area contributed by atoms with Gasteiger partial charge in [0, 0.05) is 11.6 Å². The van der Waals surface area contributed by atoms with E-state index >= 15 is 0 Å². The van der Waals surface area contributed by atoms with Gasteiger partial charge in [-0.2, -0.15) is 5.10 Å². The molecule has 7 nitrogen and oxygen atoms in total. The highest BCUT2D eigenvalue weighted by Crippen LogP contribution is 2.29. The number of amides is 1. The zero-order valence-electron chi connectivity index (χ0n) is 18.1. The summed E-state index contributed by atoms with van der Waals surface area (Å²) in [5.41, 5.74) is 8.03. The number of aromatic nitrogens is 2. The summed E-state index contributed by atoms with van der Waals surface area (Å²) < 4.78 is 30.5. The highest BCUT2D eigenvalue weighted by molar-refractivity contribution is 7.92. The molecule has 0 saturated carbocycles. The van der Waals surface area contributed by atoms with Crippen molar-refractivity contribution in [2.24, 2.45) is 5.73 Å². The van der Waals surface area contributed by atoms with Gasteiger partial charge in [0.1, 0.15) is 11.5 Å². The van der Waals surface area contributed by atoms with Crippen molar-refractivity contribution in [3.63, 3.8) is 0 Å². The van der Waals surface area contributed by atoms with Crippen molar-refractivity contribution in [3.05, 3.63) is 83.2 Å². The van der Waals surface area contributed by atoms with E-state index in [1.807, 2.05) is 29.6 Å². The number of anilines is 1. The van der Waals surface area contributed by atoms with Crippen LogP contribution in [0.1, 0.15) is 35.7 Å². The molecular formula is C24H24N4O3S2. The van der Waals surface area contributed by atoms with Crippen LogP contribution in [-0.4, -0.2) is 24.1 Å². The lowest BCUT2D eigenvalue weighted by molar-refractivity contribution is 0.100. The van der Waals surface area contributed by atoms with Crippen molar-refractivity contribution in [2.45, 2.75) is 31.1 Å². The number of rotatable bonds is 9. The topological polar surface area (TPSA) is 107 Å². The molecule has 0 aliphatic rings. The van der Waals surface area contributed by atoms with Gasteiger partial charge < -0.3 is 5.73 Å². The van der Waals surface area contributed by atoms with Gasteiger partial charge in [0.25, 0.3) is 10.0 Å². The summed E-state index contributed by atoms with van der Waals surface area (Å²) in [5, 5.41) is 6.54. The van der Waals surface area contributed by atoms with Crippen molar-refractivity contribution in [2.75, 3.05) is 4.72 Å². The van der Waals surface area contributed by atoms with Crippen molar-refractivity contribution in [3.8, 4) is 16.3 Å². The van der Waals surface area contributed by atoms with Crippen LogP contribution in [0.3, 0.4) is 0 Å². The average molecular weight is 481 g/mol. The summed E-state index contributed by atoms with van der Waals surface area (Å²) in [6.07, 6.45) is 3.06. The Labute approximate surface area is 196 Å². The number of carbonyl (C=O) groups excluding carboxylic acids is 1. The first-order chi connectivity index (χ1) is 15.9. The Balaban J connectivity index is 1.69. The van der Waals surface area contributed by atoms with Crippen molar-refractivity contribution < 1.29 is 13.2 Å². The number of hydrogen-bond donors (Lipinski definition) is 2. The highest BCUT2D eigenvalue weighted by atomic mass is 32.2. The second kappa shape index (κ2) is 9.60. The summed E-state index contributed by atoms with van der Waals surface area (Å²) >= 11 is 1.51. The van der Waals surface area contributed by atoms with Gasteiger partial charge in [0.05, 0.1) is 15.5 Å². The first-order valence-electron chi connectivity index (χ1n) is 10.5. The first-order valence-corrected chi connectivity index (χ1v) is 12.9. The molecule has 1 amide bonds. The van der Waals surface area contributed by atoms with Gasteiger partial charge in [-0.15, -0.1) is 11.3 Å². The lowest BCUT2D eigenvalue weighted by atomic mass is 10.1. The van der Waals surface area contributed by atoms with Crippen LogP contribution in [0.4, 0.5) is 5.82 Å². The molecule has 0 aliphatic heterocycles. The molecule has 0 atom stereocenters. The van der Waals surface area contributed by atoms with Gasteiger partial charge in [-0.25, -0.2) is 13.1 Å². The molecule has 3 N–H and O–H groups in total. The maximum Gasteiger partial charge on any atom is 0.263 e. The van der Waals surface area contributed by atoms with Crippen LogP contribution in [-0.2, 0) is 16.4 Å². The fourth-order valence-electron chi connectivity index (χ4n) is 3.38. The number of benzene rings is 2. The van der Waals surface area contributed by atoms with Gasteiger partial charge in [-0.1, -0.05) is 31.5 Å². The second-order valence-electron chi connectivity index (χ2n) is 7.57. The number of nitrogens with two attached hydrogens (primary N) is 1. The maximum absolute atomic E-state index is 13.1. The van der Waals surface area contributed by atoms with E-state index in [1.165, 1.54) is 16.0 Å². The Morgan fingerprint density at radius 2 is 1.82 bits per heavy atom. The summed E-state index contributed by atoms with van der Waals surface area (Å²) in [7, 11) is -3.84. The van der Waals surface area contributed by atoms with Gasteiger partial charge in [0.2, 0.25) is 5.91 Å². The first kappa shape index (κ1) is 22.8. The van der Waals surface area contributed by atoms with E-state index in [-0.39, 0.29) is 4.90 Å². The van der Waals surface area contributed by atoms with Crippen LogP contribution in [0.5, 0.6) is 0 Å². The Bertz CT molecular complexity index is 1340. The number of nitrogens with one attached hydrogen (secondary N) is 1. The number of carbonyl (C=O) groups is 1. The number of aryl methyl sites for hydroxylation is 1. The van der Waals surface area contributed by atoms with Crippen molar-refractivity contribution >= 4 is 33.1 Å².